The lowest BCUT2D eigenvalue weighted by atomic mass is 10.1. The second-order valence-electron chi connectivity index (χ2n) is 4.01. The average Bonchev–Trinajstić information content (AvgIpc) is 2.43. The second kappa shape index (κ2) is 6.49. The lowest BCUT2D eigenvalue weighted by Gasteiger charge is -2.17. The van der Waals surface area contributed by atoms with Gasteiger partial charge in [0.05, 0.1) is 7.11 Å². The van der Waals surface area contributed by atoms with Gasteiger partial charge in [-0.3, -0.25) is 9.59 Å². The summed E-state index contributed by atoms with van der Waals surface area (Å²) >= 11 is 0. The number of esters is 1. The summed E-state index contributed by atoms with van der Waals surface area (Å²) in [6.45, 7) is 1.12. The van der Waals surface area contributed by atoms with E-state index in [1.54, 1.807) is 18.2 Å². The molecule has 0 saturated heterocycles. The quantitative estimate of drug-likeness (QED) is 0.731. The Morgan fingerprint density at radius 1 is 1.25 bits per heavy atom. The highest BCUT2D eigenvalue weighted by molar-refractivity contribution is 7.90. The van der Waals surface area contributed by atoms with Crippen molar-refractivity contribution in [1.29, 1.82) is 0 Å². The zero-order valence-electron chi connectivity index (χ0n) is 10.9. The monoisotopic (exact) mass is 301 g/mol. The van der Waals surface area contributed by atoms with Gasteiger partial charge in [0.25, 0.3) is 0 Å². The SMILES string of the molecule is COC(=O)C(C)S(=O)(=O)NC(C(=O)O)c1ccccc1. The van der Waals surface area contributed by atoms with E-state index in [9.17, 15) is 18.0 Å². The van der Waals surface area contributed by atoms with Gasteiger partial charge in [-0.05, 0) is 12.5 Å². The Hall–Kier alpha value is -1.93. The van der Waals surface area contributed by atoms with Gasteiger partial charge in [-0.15, -0.1) is 0 Å². The third-order valence-electron chi connectivity index (χ3n) is 2.66. The topological polar surface area (TPSA) is 110 Å². The van der Waals surface area contributed by atoms with Crippen LogP contribution in [0.1, 0.15) is 18.5 Å². The molecule has 0 spiro atoms. The maximum atomic E-state index is 11.9. The summed E-state index contributed by atoms with van der Waals surface area (Å²) in [5.74, 6) is -2.33. The first-order valence-corrected chi connectivity index (χ1v) is 7.21. The van der Waals surface area contributed by atoms with Crippen LogP contribution < -0.4 is 4.72 Å². The van der Waals surface area contributed by atoms with E-state index >= 15 is 0 Å². The van der Waals surface area contributed by atoms with Crippen molar-refractivity contribution in [1.82, 2.24) is 4.72 Å². The van der Waals surface area contributed by atoms with E-state index in [2.05, 4.69) is 4.74 Å². The van der Waals surface area contributed by atoms with E-state index in [0.29, 0.717) is 0 Å². The fourth-order valence-electron chi connectivity index (χ4n) is 1.47. The van der Waals surface area contributed by atoms with Gasteiger partial charge >= 0.3 is 11.9 Å². The van der Waals surface area contributed by atoms with Crippen molar-refractivity contribution < 1.29 is 27.9 Å². The second-order valence-corrected chi connectivity index (χ2v) is 6.04. The third-order valence-corrected chi connectivity index (χ3v) is 4.35. The predicted molar refractivity (Wildman–Crippen MR) is 70.4 cm³/mol. The van der Waals surface area contributed by atoms with Gasteiger partial charge in [-0.2, -0.15) is 4.72 Å². The maximum absolute atomic E-state index is 11.9. The van der Waals surface area contributed by atoms with Gasteiger partial charge in [0, 0.05) is 0 Å². The van der Waals surface area contributed by atoms with E-state index in [0.717, 1.165) is 14.0 Å². The molecule has 2 unspecified atom stereocenters. The molecule has 110 valence electrons. The van der Waals surface area contributed by atoms with Gasteiger partial charge in [-0.1, -0.05) is 30.3 Å². The predicted octanol–water partition coefficient (Wildman–Crippen LogP) is 0.293. The molecule has 0 aliphatic rings. The number of hydrogen-bond donors (Lipinski definition) is 2. The molecule has 8 heteroatoms. The van der Waals surface area contributed by atoms with Crippen LogP contribution in [0.4, 0.5) is 0 Å². The van der Waals surface area contributed by atoms with Crippen LogP contribution in [0, 0.1) is 0 Å². The molecule has 7 nitrogen and oxygen atoms in total. The zero-order chi connectivity index (χ0) is 15.3. The number of rotatable bonds is 6. The highest BCUT2D eigenvalue weighted by Gasteiger charge is 2.33. The number of hydrogen-bond acceptors (Lipinski definition) is 5. The molecule has 1 rings (SSSR count). The number of aliphatic carboxylic acids is 1. The highest BCUT2D eigenvalue weighted by Crippen LogP contribution is 2.15. The van der Waals surface area contributed by atoms with Crippen LogP contribution in [0.3, 0.4) is 0 Å². The Bertz CT molecular complexity index is 583. The van der Waals surface area contributed by atoms with E-state index in [4.69, 9.17) is 5.11 Å². The van der Waals surface area contributed by atoms with Gasteiger partial charge < -0.3 is 9.84 Å². The summed E-state index contributed by atoms with van der Waals surface area (Å²) < 4.78 is 30.2. The molecule has 2 N–H and O–H groups in total. The average molecular weight is 301 g/mol. The van der Waals surface area contributed by atoms with Gasteiger partial charge in [-0.25, -0.2) is 8.42 Å². The van der Waals surface area contributed by atoms with E-state index in [1.807, 2.05) is 4.72 Å². The number of carboxylic acid groups (broad SMARTS) is 1. The van der Waals surface area contributed by atoms with Gasteiger partial charge in [0.2, 0.25) is 10.0 Å². The first-order valence-electron chi connectivity index (χ1n) is 5.66. The van der Waals surface area contributed by atoms with Crippen molar-refractivity contribution in [3.05, 3.63) is 35.9 Å². The highest BCUT2D eigenvalue weighted by atomic mass is 32.2. The van der Waals surface area contributed by atoms with Crippen LogP contribution in [-0.2, 0) is 24.3 Å². The standard InChI is InChI=1S/C12H15NO6S/c1-8(12(16)19-2)20(17,18)13-10(11(14)15)9-6-4-3-5-7-9/h3-8,10,13H,1-2H3,(H,14,15). The fourth-order valence-corrected chi connectivity index (χ4v) is 2.58. The van der Waals surface area contributed by atoms with Crippen LogP contribution in [0.25, 0.3) is 0 Å². The summed E-state index contributed by atoms with van der Waals surface area (Å²) in [7, 11) is -3.11. The lowest BCUT2D eigenvalue weighted by molar-refractivity contribution is -0.141. The van der Waals surface area contributed by atoms with Crippen LogP contribution in [0.2, 0.25) is 0 Å². The molecule has 20 heavy (non-hydrogen) atoms. The first kappa shape index (κ1) is 16.1. The van der Waals surface area contributed by atoms with Crippen molar-refractivity contribution in [3.63, 3.8) is 0 Å². The molecule has 0 aliphatic heterocycles. The number of sulfonamides is 1. The number of methoxy groups -OCH3 is 1. The Labute approximate surface area is 116 Å². The van der Waals surface area contributed by atoms with Crippen LogP contribution in [0.15, 0.2) is 30.3 Å². The molecule has 0 aromatic heterocycles. The van der Waals surface area contributed by atoms with E-state index in [1.165, 1.54) is 12.1 Å². The lowest BCUT2D eigenvalue weighted by Crippen LogP contribution is -2.42. The van der Waals surface area contributed by atoms with Crippen molar-refractivity contribution in [2.45, 2.75) is 18.2 Å². The van der Waals surface area contributed by atoms with Crippen LogP contribution in [-0.4, -0.2) is 37.8 Å². The molecule has 0 bridgehead atoms. The van der Waals surface area contributed by atoms with Crippen molar-refractivity contribution >= 4 is 22.0 Å². The molecule has 0 aliphatic carbocycles. The summed E-state index contributed by atoms with van der Waals surface area (Å²) in [4.78, 5) is 22.5. The van der Waals surface area contributed by atoms with Crippen LogP contribution in [0.5, 0.6) is 0 Å². The molecule has 0 amide bonds. The fraction of sp³-hybridized carbons (Fsp3) is 0.333. The normalized spacial score (nSPS) is 14.3. The number of carbonyl (C=O) groups is 2. The molecular formula is C12H15NO6S. The maximum Gasteiger partial charge on any atom is 0.326 e. The van der Waals surface area contributed by atoms with Crippen molar-refractivity contribution in [2.24, 2.45) is 0 Å². The Balaban J connectivity index is 3.03. The number of carboxylic acids is 1. The third kappa shape index (κ3) is 3.78. The Morgan fingerprint density at radius 2 is 1.80 bits per heavy atom. The minimum Gasteiger partial charge on any atom is -0.480 e. The summed E-state index contributed by atoms with van der Waals surface area (Å²) in [5, 5.41) is 7.62. The van der Waals surface area contributed by atoms with Crippen molar-refractivity contribution in [3.8, 4) is 0 Å². The molecule has 0 saturated carbocycles. The molecule has 1 aromatic carbocycles. The minimum absolute atomic E-state index is 0.264. The Morgan fingerprint density at radius 3 is 2.25 bits per heavy atom. The molecule has 0 radical (unpaired) electrons. The van der Waals surface area contributed by atoms with Gasteiger partial charge in [0.15, 0.2) is 5.25 Å². The Kier molecular flexibility index (Phi) is 5.23. The minimum atomic E-state index is -4.17. The molecule has 0 fully saturated rings. The number of ether oxygens (including phenoxy) is 1. The number of nitrogens with one attached hydrogen (secondary N) is 1. The zero-order valence-corrected chi connectivity index (χ0v) is 11.8. The summed E-state index contributed by atoms with van der Waals surface area (Å²) in [6.07, 6.45) is 0. The van der Waals surface area contributed by atoms with Gasteiger partial charge in [0.1, 0.15) is 6.04 Å². The number of benzene rings is 1. The summed E-state index contributed by atoms with van der Waals surface area (Å²) in [5.41, 5.74) is 0.264. The largest absolute Gasteiger partial charge is 0.480 e. The smallest absolute Gasteiger partial charge is 0.326 e. The van der Waals surface area contributed by atoms with E-state index in [-0.39, 0.29) is 5.56 Å². The number of carbonyl (C=O) groups excluding carboxylic acids is 1. The van der Waals surface area contributed by atoms with Crippen molar-refractivity contribution in [2.75, 3.05) is 7.11 Å². The van der Waals surface area contributed by atoms with E-state index < -0.39 is 33.3 Å². The molecule has 1 aromatic rings. The summed E-state index contributed by atoms with van der Waals surface area (Å²) in [6, 6.07) is 6.34. The first-order chi connectivity index (χ1) is 9.29. The molecular weight excluding hydrogens is 286 g/mol. The molecule has 2 atom stereocenters. The van der Waals surface area contributed by atoms with Crippen LogP contribution >= 0.6 is 0 Å². The molecule has 0 heterocycles.